The van der Waals surface area contributed by atoms with Crippen LogP contribution in [0.2, 0.25) is 0 Å². The molecule has 1 rings (SSSR count). The van der Waals surface area contributed by atoms with Crippen LogP contribution in [0.25, 0.3) is 0 Å². The van der Waals surface area contributed by atoms with Crippen LogP contribution in [0.5, 0.6) is 0 Å². The Labute approximate surface area is 98.8 Å². The van der Waals surface area contributed by atoms with Gasteiger partial charge >= 0.3 is 6.03 Å². The normalized spacial score (nSPS) is 19.2. The van der Waals surface area contributed by atoms with E-state index >= 15 is 0 Å². The summed E-state index contributed by atoms with van der Waals surface area (Å²) in [5, 5.41) is 0. The van der Waals surface area contributed by atoms with E-state index in [0.29, 0.717) is 6.54 Å². The second-order valence-corrected chi connectivity index (χ2v) is 4.91. The molecule has 0 atom stereocenters. The van der Waals surface area contributed by atoms with Crippen LogP contribution >= 0.6 is 0 Å². The Morgan fingerprint density at radius 3 is 2.19 bits per heavy atom. The molecular formula is C12H25N3O. The van der Waals surface area contributed by atoms with E-state index in [1.807, 2.05) is 11.8 Å². The molecule has 1 aliphatic carbocycles. The minimum atomic E-state index is -0.0889. The molecule has 1 aliphatic rings. The van der Waals surface area contributed by atoms with E-state index in [-0.39, 0.29) is 11.6 Å². The lowest BCUT2D eigenvalue weighted by molar-refractivity contribution is 0.0735. The third-order valence-electron chi connectivity index (χ3n) is 3.67. The molecule has 2 N–H and O–H groups in total. The van der Waals surface area contributed by atoms with Crippen molar-refractivity contribution in [3.63, 3.8) is 0 Å². The summed E-state index contributed by atoms with van der Waals surface area (Å²) in [4.78, 5) is 15.7. The lowest BCUT2D eigenvalue weighted by Gasteiger charge is -2.46. The lowest BCUT2D eigenvalue weighted by atomic mass is 9.80. The topological polar surface area (TPSA) is 49.6 Å². The zero-order valence-corrected chi connectivity index (χ0v) is 10.8. The molecular weight excluding hydrogens is 202 g/mol. The molecule has 94 valence electrons. The number of nitrogens with two attached hydrogens (primary N) is 1. The maximum atomic E-state index is 12.1. The Balaban J connectivity index is 2.85. The Kier molecular flexibility index (Phi) is 4.59. The quantitative estimate of drug-likeness (QED) is 0.797. The second kappa shape index (κ2) is 5.53. The van der Waals surface area contributed by atoms with E-state index in [1.165, 1.54) is 19.3 Å². The molecule has 0 aliphatic heterocycles. The highest BCUT2D eigenvalue weighted by Crippen LogP contribution is 2.33. The number of nitrogens with zero attached hydrogens (tertiary/aromatic N) is 2. The van der Waals surface area contributed by atoms with Gasteiger partial charge < -0.3 is 15.5 Å². The summed E-state index contributed by atoms with van der Waals surface area (Å²) < 4.78 is 0. The first-order valence-corrected chi connectivity index (χ1v) is 6.26. The largest absolute Gasteiger partial charge is 0.331 e. The Morgan fingerprint density at radius 2 is 1.81 bits per heavy atom. The van der Waals surface area contributed by atoms with Gasteiger partial charge in [0.2, 0.25) is 0 Å². The van der Waals surface area contributed by atoms with E-state index < -0.39 is 0 Å². The number of amides is 2. The molecule has 1 saturated carbocycles. The van der Waals surface area contributed by atoms with E-state index in [1.54, 1.807) is 19.0 Å². The van der Waals surface area contributed by atoms with Gasteiger partial charge in [0.15, 0.2) is 0 Å². The molecule has 0 spiro atoms. The van der Waals surface area contributed by atoms with Gasteiger partial charge in [-0.15, -0.1) is 0 Å². The fraction of sp³-hybridized carbons (Fsp3) is 0.917. The number of rotatable bonds is 3. The Bertz CT molecular complexity index is 234. The molecule has 0 unspecified atom stereocenters. The predicted molar refractivity (Wildman–Crippen MR) is 66.3 cm³/mol. The van der Waals surface area contributed by atoms with Crippen molar-refractivity contribution in [2.24, 2.45) is 5.73 Å². The summed E-state index contributed by atoms with van der Waals surface area (Å²) in [5.41, 5.74) is 5.85. The highest BCUT2D eigenvalue weighted by molar-refractivity contribution is 5.74. The summed E-state index contributed by atoms with van der Waals surface area (Å²) in [7, 11) is 3.61. The molecule has 4 heteroatoms. The van der Waals surface area contributed by atoms with Gasteiger partial charge in [-0.25, -0.2) is 4.79 Å². The van der Waals surface area contributed by atoms with Crippen molar-refractivity contribution in [1.82, 2.24) is 9.80 Å². The summed E-state index contributed by atoms with van der Waals surface area (Å²) in [5.74, 6) is 0. The fourth-order valence-electron chi connectivity index (χ4n) is 2.71. The van der Waals surface area contributed by atoms with Crippen LogP contribution in [0.3, 0.4) is 0 Å². The van der Waals surface area contributed by atoms with Gasteiger partial charge in [0, 0.05) is 27.2 Å². The van der Waals surface area contributed by atoms with Crippen LogP contribution in [0, 0.1) is 0 Å². The minimum Gasteiger partial charge on any atom is -0.331 e. The van der Waals surface area contributed by atoms with Gasteiger partial charge in [0.1, 0.15) is 0 Å². The molecule has 0 radical (unpaired) electrons. The van der Waals surface area contributed by atoms with Crippen LogP contribution < -0.4 is 5.73 Å². The summed E-state index contributed by atoms with van der Waals surface area (Å²) in [6.07, 6.45) is 5.76. The summed E-state index contributed by atoms with van der Waals surface area (Å²) >= 11 is 0. The predicted octanol–water partition coefficient (Wildman–Crippen LogP) is 1.65. The first kappa shape index (κ1) is 13.3. The van der Waals surface area contributed by atoms with Crippen molar-refractivity contribution < 1.29 is 4.79 Å². The maximum absolute atomic E-state index is 12.1. The van der Waals surface area contributed by atoms with Crippen LogP contribution in [0.1, 0.15) is 39.0 Å². The smallest absolute Gasteiger partial charge is 0.319 e. The van der Waals surface area contributed by atoms with Crippen LogP contribution in [-0.4, -0.2) is 48.6 Å². The molecule has 0 heterocycles. The van der Waals surface area contributed by atoms with Gasteiger partial charge in [-0.2, -0.15) is 0 Å². The fourth-order valence-corrected chi connectivity index (χ4v) is 2.71. The first-order chi connectivity index (χ1) is 7.57. The van der Waals surface area contributed by atoms with E-state index in [4.69, 9.17) is 5.73 Å². The third-order valence-corrected chi connectivity index (χ3v) is 3.67. The van der Waals surface area contributed by atoms with Gasteiger partial charge in [-0.3, -0.25) is 0 Å². The van der Waals surface area contributed by atoms with Gasteiger partial charge in [-0.1, -0.05) is 19.3 Å². The summed E-state index contributed by atoms with van der Waals surface area (Å²) in [6.45, 7) is 3.36. The first-order valence-electron chi connectivity index (χ1n) is 6.26. The van der Waals surface area contributed by atoms with Crippen molar-refractivity contribution in [1.29, 1.82) is 0 Å². The zero-order valence-electron chi connectivity index (χ0n) is 10.8. The number of carbonyl (C=O) groups excluding carboxylic acids is 1. The SMILES string of the molecule is CCN(C(=O)N(C)C)C1(CN)CCCCC1. The average Bonchev–Trinajstić information content (AvgIpc) is 2.30. The van der Waals surface area contributed by atoms with Crippen molar-refractivity contribution in [3.05, 3.63) is 0 Å². The average molecular weight is 227 g/mol. The second-order valence-electron chi connectivity index (χ2n) is 4.91. The van der Waals surface area contributed by atoms with Crippen LogP contribution in [0.4, 0.5) is 4.79 Å². The molecule has 0 saturated heterocycles. The number of carbonyl (C=O) groups is 1. The molecule has 0 aromatic rings. The van der Waals surface area contributed by atoms with Crippen LogP contribution in [0.15, 0.2) is 0 Å². The number of urea groups is 1. The third kappa shape index (κ3) is 2.48. The monoisotopic (exact) mass is 227 g/mol. The maximum Gasteiger partial charge on any atom is 0.319 e. The Hall–Kier alpha value is -0.770. The van der Waals surface area contributed by atoms with Crippen molar-refractivity contribution in [3.8, 4) is 0 Å². The lowest BCUT2D eigenvalue weighted by Crippen LogP contribution is -2.59. The van der Waals surface area contributed by atoms with Crippen molar-refractivity contribution in [2.75, 3.05) is 27.2 Å². The van der Waals surface area contributed by atoms with Crippen molar-refractivity contribution >= 4 is 6.03 Å². The minimum absolute atomic E-state index is 0.0889. The molecule has 2 amide bonds. The molecule has 16 heavy (non-hydrogen) atoms. The highest BCUT2D eigenvalue weighted by Gasteiger charge is 2.39. The van der Waals surface area contributed by atoms with Gasteiger partial charge in [0.05, 0.1) is 5.54 Å². The van der Waals surface area contributed by atoms with E-state index in [2.05, 4.69) is 0 Å². The number of likely N-dealkylation sites (N-methyl/N-ethyl adjacent to an activating group) is 1. The van der Waals surface area contributed by atoms with Gasteiger partial charge in [0.25, 0.3) is 0 Å². The molecule has 1 fully saturated rings. The highest BCUT2D eigenvalue weighted by atomic mass is 16.2. The number of hydrogen-bond acceptors (Lipinski definition) is 2. The zero-order chi connectivity index (χ0) is 12.2. The molecule has 0 bridgehead atoms. The van der Waals surface area contributed by atoms with Gasteiger partial charge in [-0.05, 0) is 19.8 Å². The van der Waals surface area contributed by atoms with Crippen molar-refractivity contribution in [2.45, 2.75) is 44.6 Å². The molecule has 4 nitrogen and oxygen atoms in total. The Morgan fingerprint density at radius 1 is 1.25 bits per heavy atom. The van der Waals surface area contributed by atoms with E-state index in [9.17, 15) is 4.79 Å². The van der Waals surface area contributed by atoms with Crippen LogP contribution in [-0.2, 0) is 0 Å². The number of hydrogen-bond donors (Lipinski definition) is 1. The van der Waals surface area contributed by atoms with E-state index in [0.717, 1.165) is 19.4 Å². The summed E-state index contributed by atoms with van der Waals surface area (Å²) in [6, 6.07) is 0.0925. The molecule has 0 aromatic carbocycles. The molecule has 0 aromatic heterocycles. The standard InChI is InChI=1S/C12H25N3O/c1-4-15(11(16)14(2)3)12(10-13)8-6-5-7-9-12/h4-10,13H2,1-3H3.